The van der Waals surface area contributed by atoms with E-state index >= 15 is 0 Å². The first kappa shape index (κ1) is 18.1. The third-order valence-electron chi connectivity index (χ3n) is 4.08. The molecule has 0 saturated heterocycles. The number of rotatable bonds is 4. The van der Waals surface area contributed by atoms with Gasteiger partial charge in [0.15, 0.2) is 0 Å². The van der Waals surface area contributed by atoms with Gasteiger partial charge in [0.25, 0.3) is 5.91 Å². The molecule has 134 valence electrons. The molecule has 0 aliphatic rings. The molecule has 2 aromatic carbocycles. The lowest BCUT2D eigenvalue weighted by molar-refractivity contribution is 0.102. The summed E-state index contributed by atoms with van der Waals surface area (Å²) in [6, 6.07) is 16.5. The van der Waals surface area contributed by atoms with Crippen LogP contribution >= 0.6 is 0 Å². The third-order valence-corrected chi connectivity index (χ3v) is 4.08. The summed E-state index contributed by atoms with van der Waals surface area (Å²) in [5, 5.41) is 14.9. The van der Waals surface area contributed by atoms with Gasteiger partial charge >= 0.3 is 0 Å². The lowest BCUT2D eigenvalue weighted by Gasteiger charge is -2.12. The van der Waals surface area contributed by atoms with Crippen LogP contribution in [-0.2, 0) is 0 Å². The van der Waals surface area contributed by atoms with Gasteiger partial charge in [-0.1, -0.05) is 18.2 Å². The fourth-order valence-electron chi connectivity index (χ4n) is 2.71. The van der Waals surface area contributed by atoms with Gasteiger partial charge in [0.2, 0.25) is 0 Å². The Kier molecular flexibility index (Phi) is 5.13. The number of nitrogens with one attached hydrogen (secondary N) is 2. The van der Waals surface area contributed by atoms with E-state index in [9.17, 15) is 4.79 Å². The van der Waals surface area contributed by atoms with Gasteiger partial charge in [0, 0.05) is 17.4 Å². The largest absolute Gasteiger partial charge is 0.340 e. The number of para-hydroxylation sites is 1. The molecule has 0 saturated carbocycles. The van der Waals surface area contributed by atoms with Gasteiger partial charge in [0.1, 0.15) is 17.3 Å². The van der Waals surface area contributed by atoms with E-state index in [1.165, 1.54) is 0 Å². The Morgan fingerprint density at radius 1 is 1.00 bits per heavy atom. The predicted molar refractivity (Wildman–Crippen MR) is 105 cm³/mol. The van der Waals surface area contributed by atoms with Gasteiger partial charge in [-0.25, -0.2) is 9.97 Å². The van der Waals surface area contributed by atoms with Crippen molar-refractivity contribution in [2.45, 2.75) is 20.8 Å². The first-order chi connectivity index (χ1) is 13.0. The number of anilines is 3. The maximum absolute atomic E-state index is 12.7. The molecule has 0 radical (unpaired) electrons. The maximum Gasteiger partial charge on any atom is 0.274 e. The number of amides is 1. The molecule has 0 fully saturated rings. The molecule has 1 heterocycles. The van der Waals surface area contributed by atoms with Crippen molar-refractivity contribution in [1.82, 2.24) is 9.97 Å². The fourth-order valence-corrected chi connectivity index (χ4v) is 2.71. The Labute approximate surface area is 157 Å². The Bertz CT molecular complexity index is 1020. The highest BCUT2D eigenvalue weighted by atomic mass is 16.1. The summed E-state index contributed by atoms with van der Waals surface area (Å²) < 4.78 is 0. The van der Waals surface area contributed by atoms with Gasteiger partial charge < -0.3 is 10.6 Å². The molecule has 0 atom stereocenters. The van der Waals surface area contributed by atoms with Crippen molar-refractivity contribution >= 4 is 23.1 Å². The molecule has 1 aromatic heterocycles. The van der Waals surface area contributed by atoms with Crippen LogP contribution in [0.4, 0.5) is 17.2 Å². The second kappa shape index (κ2) is 7.67. The van der Waals surface area contributed by atoms with E-state index in [4.69, 9.17) is 5.26 Å². The zero-order valence-electron chi connectivity index (χ0n) is 15.4. The molecular weight excluding hydrogens is 338 g/mol. The molecule has 6 nitrogen and oxygen atoms in total. The van der Waals surface area contributed by atoms with Gasteiger partial charge in [-0.3, -0.25) is 4.79 Å². The number of carbonyl (C=O) groups excluding carboxylic acids is 1. The number of nitriles is 1. The smallest absolute Gasteiger partial charge is 0.274 e. The number of hydrogen-bond donors (Lipinski definition) is 2. The van der Waals surface area contributed by atoms with Crippen LogP contribution in [0.1, 0.15) is 33.0 Å². The summed E-state index contributed by atoms with van der Waals surface area (Å²) in [5.74, 6) is 0.708. The van der Waals surface area contributed by atoms with Crippen molar-refractivity contribution in [3.05, 3.63) is 76.7 Å². The van der Waals surface area contributed by atoms with E-state index in [1.807, 2.05) is 32.0 Å². The molecule has 3 aromatic rings. The Morgan fingerprint density at radius 3 is 2.30 bits per heavy atom. The summed E-state index contributed by atoms with van der Waals surface area (Å²) in [6.45, 7) is 5.64. The summed E-state index contributed by atoms with van der Waals surface area (Å²) in [4.78, 5) is 21.3. The second-order valence-corrected chi connectivity index (χ2v) is 6.22. The molecule has 27 heavy (non-hydrogen) atoms. The highest BCUT2D eigenvalue weighted by Crippen LogP contribution is 2.21. The summed E-state index contributed by atoms with van der Waals surface area (Å²) in [7, 11) is 0. The van der Waals surface area contributed by atoms with Crippen LogP contribution in [0, 0.1) is 32.1 Å². The highest BCUT2D eigenvalue weighted by Gasteiger charge is 2.13. The van der Waals surface area contributed by atoms with Crippen molar-refractivity contribution in [1.29, 1.82) is 5.26 Å². The Balaban J connectivity index is 1.84. The van der Waals surface area contributed by atoms with Crippen LogP contribution in [0.25, 0.3) is 0 Å². The van der Waals surface area contributed by atoms with E-state index in [1.54, 1.807) is 37.3 Å². The van der Waals surface area contributed by atoms with Crippen molar-refractivity contribution in [3.8, 4) is 6.07 Å². The molecule has 0 aliphatic heterocycles. The van der Waals surface area contributed by atoms with Gasteiger partial charge in [0.05, 0.1) is 11.6 Å². The Morgan fingerprint density at radius 2 is 1.67 bits per heavy atom. The van der Waals surface area contributed by atoms with E-state index in [0.29, 0.717) is 17.2 Å². The van der Waals surface area contributed by atoms with Crippen molar-refractivity contribution in [2.75, 3.05) is 10.6 Å². The molecule has 1 amide bonds. The lowest BCUT2D eigenvalue weighted by atomic mass is 10.1. The van der Waals surface area contributed by atoms with E-state index in [0.717, 1.165) is 22.5 Å². The van der Waals surface area contributed by atoms with Crippen LogP contribution < -0.4 is 10.6 Å². The number of aromatic nitrogens is 2. The lowest BCUT2D eigenvalue weighted by Crippen LogP contribution is -2.16. The highest BCUT2D eigenvalue weighted by molar-refractivity contribution is 6.04. The molecule has 0 spiro atoms. The number of aryl methyl sites for hydroxylation is 3. The van der Waals surface area contributed by atoms with Gasteiger partial charge in [-0.2, -0.15) is 5.26 Å². The quantitative estimate of drug-likeness (QED) is 0.728. The Hall–Kier alpha value is -3.72. The minimum absolute atomic E-state index is 0.279. The minimum Gasteiger partial charge on any atom is -0.340 e. The molecule has 2 N–H and O–H groups in total. The minimum atomic E-state index is -0.291. The van der Waals surface area contributed by atoms with E-state index < -0.39 is 0 Å². The summed E-state index contributed by atoms with van der Waals surface area (Å²) in [5.41, 5.74) is 4.40. The summed E-state index contributed by atoms with van der Waals surface area (Å²) in [6.07, 6.45) is 0. The van der Waals surface area contributed by atoms with E-state index in [2.05, 4.69) is 26.7 Å². The standard InChI is InChI=1S/C21H19N5O/c1-13-5-4-6-14(2)20(13)26-21(27)18-11-19(24-15(3)23-18)25-17-9-7-16(12-22)8-10-17/h4-11H,1-3H3,(H,26,27)(H,23,24,25). The fraction of sp³-hybridized carbons (Fsp3) is 0.143. The summed E-state index contributed by atoms with van der Waals surface area (Å²) >= 11 is 0. The topological polar surface area (TPSA) is 90.7 Å². The normalized spacial score (nSPS) is 10.1. The average molecular weight is 357 g/mol. The molecular formula is C21H19N5O. The van der Waals surface area contributed by atoms with Crippen LogP contribution in [0.3, 0.4) is 0 Å². The zero-order valence-corrected chi connectivity index (χ0v) is 15.4. The molecule has 0 bridgehead atoms. The molecule has 0 unspecified atom stereocenters. The SMILES string of the molecule is Cc1nc(Nc2ccc(C#N)cc2)cc(C(=O)Nc2c(C)cccc2C)n1. The van der Waals surface area contributed by atoms with Crippen molar-refractivity contribution in [2.24, 2.45) is 0 Å². The van der Waals surface area contributed by atoms with Gasteiger partial charge in [-0.05, 0) is 56.2 Å². The predicted octanol–water partition coefficient (Wildman–Crippen LogP) is 4.27. The van der Waals surface area contributed by atoms with Crippen molar-refractivity contribution < 1.29 is 4.79 Å². The number of benzene rings is 2. The van der Waals surface area contributed by atoms with Gasteiger partial charge in [-0.15, -0.1) is 0 Å². The van der Waals surface area contributed by atoms with Crippen LogP contribution in [0.15, 0.2) is 48.5 Å². The first-order valence-corrected chi connectivity index (χ1v) is 8.46. The first-order valence-electron chi connectivity index (χ1n) is 8.46. The maximum atomic E-state index is 12.7. The van der Waals surface area contributed by atoms with Crippen LogP contribution in [0.5, 0.6) is 0 Å². The molecule has 0 aliphatic carbocycles. The second-order valence-electron chi connectivity index (χ2n) is 6.22. The monoisotopic (exact) mass is 357 g/mol. The third kappa shape index (κ3) is 4.28. The van der Waals surface area contributed by atoms with Crippen LogP contribution in [0.2, 0.25) is 0 Å². The number of nitrogens with zero attached hydrogens (tertiary/aromatic N) is 3. The molecule has 6 heteroatoms. The average Bonchev–Trinajstić information content (AvgIpc) is 2.65. The number of carbonyl (C=O) groups is 1. The molecule has 3 rings (SSSR count). The zero-order chi connectivity index (χ0) is 19.4. The number of hydrogen-bond acceptors (Lipinski definition) is 5. The van der Waals surface area contributed by atoms with E-state index in [-0.39, 0.29) is 11.6 Å². The van der Waals surface area contributed by atoms with Crippen LogP contribution in [-0.4, -0.2) is 15.9 Å². The van der Waals surface area contributed by atoms with Crippen molar-refractivity contribution in [3.63, 3.8) is 0 Å².